The van der Waals surface area contributed by atoms with Gasteiger partial charge in [0.15, 0.2) is 11.5 Å². The molecule has 0 saturated carbocycles. The van der Waals surface area contributed by atoms with Crippen LogP contribution in [0.25, 0.3) is 11.0 Å². The summed E-state index contributed by atoms with van der Waals surface area (Å²) in [4.78, 5) is 20.2. The summed E-state index contributed by atoms with van der Waals surface area (Å²) >= 11 is 0. The van der Waals surface area contributed by atoms with Crippen molar-refractivity contribution < 1.29 is 19.0 Å². The largest absolute Gasteiger partial charge is 0.493 e. The fourth-order valence-corrected chi connectivity index (χ4v) is 3.10. The summed E-state index contributed by atoms with van der Waals surface area (Å²) in [6.45, 7) is 1.91. The van der Waals surface area contributed by atoms with Crippen molar-refractivity contribution in [2.75, 3.05) is 21.3 Å². The third-order valence-corrected chi connectivity index (χ3v) is 4.56. The SMILES string of the molecule is COc1cc(CCC(=O)NC(C)c2nc3ccccc3[nH]2)cc(OC)c1OC. The second kappa shape index (κ2) is 8.65. The van der Waals surface area contributed by atoms with Gasteiger partial charge in [-0.25, -0.2) is 4.98 Å². The number of benzene rings is 2. The first kappa shape index (κ1) is 19.5. The first-order valence-corrected chi connectivity index (χ1v) is 9.08. The van der Waals surface area contributed by atoms with E-state index in [1.54, 1.807) is 21.3 Å². The van der Waals surface area contributed by atoms with E-state index in [9.17, 15) is 4.79 Å². The van der Waals surface area contributed by atoms with Gasteiger partial charge in [0, 0.05) is 6.42 Å². The number of imidazole rings is 1. The van der Waals surface area contributed by atoms with Crippen molar-refractivity contribution in [1.82, 2.24) is 15.3 Å². The zero-order valence-corrected chi connectivity index (χ0v) is 16.5. The number of para-hydroxylation sites is 2. The molecule has 0 bridgehead atoms. The van der Waals surface area contributed by atoms with Gasteiger partial charge in [0.1, 0.15) is 5.82 Å². The molecule has 0 radical (unpaired) electrons. The topological polar surface area (TPSA) is 85.5 Å². The van der Waals surface area contributed by atoms with Gasteiger partial charge in [-0.15, -0.1) is 0 Å². The van der Waals surface area contributed by atoms with Crippen LogP contribution in [0.2, 0.25) is 0 Å². The van der Waals surface area contributed by atoms with Gasteiger partial charge >= 0.3 is 0 Å². The van der Waals surface area contributed by atoms with Crippen LogP contribution in [0.15, 0.2) is 36.4 Å². The van der Waals surface area contributed by atoms with Crippen LogP contribution in [-0.4, -0.2) is 37.2 Å². The van der Waals surface area contributed by atoms with E-state index in [1.165, 1.54) is 0 Å². The number of fused-ring (bicyclic) bond motifs is 1. The van der Waals surface area contributed by atoms with Gasteiger partial charge in [-0.2, -0.15) is 0 Å². The Hall–Kier alpha value is -3.22. The highest BCUT2D eigenvalue weighted by molar-refractivity contribution is 5.77. The lowest BCUT2D eigenvalue weighted by molar-refractivity contribution is -0.121. The van der Waals surface area contributed by atoms with Crippen LogP contribution in [0.5, 0.6) is 17.2 Å². The van der Waals surface area contributed by atoms with Crippen molar-refractivity contribution in [2.45, 2.75) is 25.8 Å². The molecule has 0 saturated heterocycles. The molecule has 2 aromatic carbocycles. The lowest BCUT2D eigenvalue weighted by atomic mass is 10.1. The fourth-order valence-electron chi connectivity index (χ4n) is 3.10. The molecular formula is C21H25N3O4. The average Bonchev–Trinajstić information content (AvgIpc) is 3.15. The molecule has 1 heterocycles. The first-order chi connectivity index (χ1) is 13.5. The number of nitrogens with one attached hydrogen (secondary N) is 2. The second-order valence-corrected chi connectivity index (χ2v) is 6.46. The van der Waals surface area contributed by atoms with Crippen LogP contribution in [0.1, 0.15) is 30.8 Å². The number of methoxy groups -OCH3 is 3. The molecule has 148 valence electrons. The zero-order valence-electron chi connectivity index (χ0n) is 16.5. The van der Waals surface area contributed by atoms with Crippen molar-refractivity contribution >= 4 is 16.9 Å². The number of aromatic nitrogens is 2. The van der Waals surface area contributed by atoms with E-state index in [2.05, 4.69) is 15.3 Å². The molecular weight excluding hydrogens is 358 g/mol. The highest BCUT2D eigenvalue weighted by Crippen LogP contribution is 2.38. The monoisotopic (exact) mass is 383 g/mol. The third kappa shape index (κ3) is 4.19. The molecule has 0 spiro atoms. The van der Waals surface area contributed by atoms with Gasteiger partial charge in [-0.3, -0.25) is 4.79 Å². The lowest BCUT2D eigenvalue weighted by Gasteiger charge is -2.15. The number of aromatic amines is 1. The Bertz CT molecular complexity index is 909. The summed E-state index contributed by atoms with van der Waals surface area (Å²) in [6, 6.07) is 11.3. The molecule has 0 aliphatic rings. The summed E-state index contributed by atoms with van der Waals surface area (Å²) in [5, 5.41) is 2.99. The molecule has 1 unspecified atom stereocenters. The Morgan fingerprint density at radius 2 is 1.79 bits per heavy atom. The molecule has 3 aromatic rings. The molecule has 7 heteroatoms. The maximum absolute atomic E-state index is 12.4. The molecule has 0 fully saturated rings. The number of rotatable bonds is 8. The van der Waals surface area contributed by atoms with Crippen LogP contribution in [-0.2, 0) is 11.2 Å². The molecule has 1 amide bonds. The van der Waals surface area contributed by atoms with E-state index in [-0.39, 0.29) is 11.9 Å². The van der Waals surface area contributed by atoms with E-state index in [0.29, 0.717) is 30.1 Å². The van der Waals surface area contributed by atoms with Crippen molar-refractivity contribution in [2.24, 2.45) is 0 Å². The van der Waals surface area contributed by atoms with Gasteiger partial charge in [-0.1, -0.05) is 12.1 Å². The maximum Gasteiger partial charge on any atom is 0.220 e. The Kier molecular flexibility index (Phi) is 6.03. The number of carbonyl (C=O) groups excluding carboxylic acids is 1. The smallest absolute Gasteiger partial charge is 0.220 e. The minimum absolute atomic E-state index is 0.0540. The number of H-pyrrole nitrogens is 1. The van der Waals surface area contributed by atoms with Gasteiger partial charge in [0.05, 0.1) is 38.4 Å². The van der Waals surface area contributed by atoms with Gasteiger partial charge < -0.3 is 24.5 Å². The zero-order chi connectivity index (χ0) is 20.1. The van der Waals surface area contributed by atoms with E-state index >= 15 is 0 Å². The normalized spacial score (nSPS) is 11.9. The number of amides is 1. The van der Waals surface area contributed by atoms with E-state index in [1.807, 2.05) is 43.3 Å². The van der Waals surface area contributed by atoms with E-state index in [4.69, 9.17) is 14.2 Å². The average molecular weight is 383 g/mol. The Morgan fingerprint density at radius 1 is 1.11 bits per heavy atom. The van der Waals surface area contributed by atoms with Crippen LogP contribution in [0.4, 0.5) is 0 Å². The highest BCUT2D eigenvalue weighted by Gasteiger charge is 2.16. The van der Waals surface area contributed by atoms with Crippen LogP contribution in [0.3, 0.4) is 0 Å². The van der Waals surface area contributed by atoms with E-state index < -0.39 is 0 Å². The van der Waals surface area contributed by atoms with Crippen LogP contribution in [0, 0.1) is 0 Å². The minimum Gasteiger partial charge on any atom is -0.493 e. The summed E-state index contributed by atoms with van der Waals surface area (Å²) in [5.74, 6) is 2.38. The van der Waals surface area contributed by atoms with Crippen LogP contribution < -0.4 is 19.5 Å². The minimum atomic E-state index is -0.208. The predicted molar refractivity (Wildman–Crippen MR) is 107 cm³/mol. The summed E-state index contributed by atoms with van der Waals surface area (Å²) in [7, 11) is 4.71. The summed E-state index contributed by atoms with van der Waals surface area (Å²) < 4.78 is 16.0. The second-order valence-electron chi connectivity index (χ2n) is 6.46. The molecule has 0 aliphatic heterocycles. The Morgan fingerprint density at radius 3 is 2.39 bits per heavy atom. The number of nitrogens with zero attached hydrogens (tertiary/aromatic N) is 1. The van der Waals surface area contributed by atoms with Crippen molar-refractivity contribution in [3.8, 4) is 17.2 Å². The van der Waals surface area contributed by atoms with Crippen LogP contribution >= 0.6 is 0 Å². The Balaban J connectivity index is 1.63. The summed E-state index contributed by atoms with van der Waals surface area (Å²) in [6.07, 6.45) is 0.888. The van der Waals surface area contributed by atoms with E-state index in [0.717, 1.165) is 22.4 Å². The quantitative estimate of drug-likeness (QED) is 0.623. The van der Waals surface area contributed by atoms with Gasteiger partial charge in [-0.05, 0) is 43.2 Å². The highest BCUT2D eigenvalue weighted by atomic mass is 16.5. The molecule has 1 atom stereocenters. The molecule has 0 aliphatic carbocycles. The first-order valence-electron chi connectivity index (χ1n) is 9.08. The van der Waals surface area contributed by atoms with Crippen molar-refractivity contribution in [1.29, 1.82) is 0 Å². The Labute approximate surface area is 164 Å². The molecule has 28 heavy (non-hydrogen) atoms. The number of carbonyl (C=O) groups is 1. The fraction of sp³-hybridized carbons (Fsp3) is 0.333. The van der Waals surface area contributed by atoms with Gasteiger partial charge in [0.2, 0.25) is 11.7 Å². The number of aryl methyl sites for hydroxylation is 1. The third-order valence-electron chi connectivity index (χ3n) is 4.56. The molecule has 1 aromatic heterocycles. The van der Waals surface area contributed by atoms with Crippen molar-refractivity contribution in [3.05, 3.63) is 47.8 Å². The van der Waals surface area contributed by atoms with Gasteiger partial charge in [0.25, 0.3) is 0 Å². The lowest BCUT2D eigenvalue weighted by Crippen LogP contribution is -2.27. The standard InChI is InChI=1S/C21H25N3O4/c1-13(21-23-15-7-5-6-8-16(15)24-21)22-19(25)10-9-14-11-17(26-2)20(28-4)18(12-14)27-3/h5-8,11-13H,9-10H2,1-4H3,(H,22,25)(H,23,24). The number of hydrogen-bond donors (Lipinski definition) is 2. The molecule has 2 N–H and O–H groups in total. The number of ether oxygens (including phenoxy) is 3. The maximum atomic E-state index is 12.4. The van der Waals surface area contributed by atoms with Crippen molar-refractivity contribution in [3.63, 3.8) is 0 Å². The summed E-state index contributed by atoms with van der Waals surface area (Å²) in [5.41, 5.74) is 2.77. The molecule has 3 rings (SSSR count). The predicted octanol–water partition coefficient (Wildman–Crippen LogP) is 3.40. The number of hydrogen-bond acceptors (Lipinski definition) is 5. The molecule has 7 nitrogen and oxygen atoms in total.